The summed E-state index contributed by atoms with van der Waals surface area (Å²) in [5.41, 5.74) is 0.938. The monoisotopic (exact) mass is 467 g/mol. The minimum absolute atomic E-state index is 0.0282. The number of aliphatic carboxylic acids is 1. The lowest BCUT2D eigenvalue weighted by Crippen LogP contribution is -2.40. The third-order valence-corrected chi connectivity index (χ3v) is 6.43. The average molecular weight is 468 g/mol. The second kappa shape index (κ2) is 14.4. The van der Waals surface area contributed by atoms with E-state index in [4.69, 9.17) is 4.74 Å². The van der Waals surface area contributed by atoms with Crippen molar-refractivity contribution in [1.29, 1.82) is 0 Å². The van der Waals surface area contributed by atoms with E-state index in [1.165, 1.54) is 31.2 Å². The number of hydrogen-bond acceptors (Lipinski definition) is 3. The van der Waals surface area contributed by atoms with Crippen molar-refractivity contribution in [3.63, 3.8) is 0 Å². The van der Waals surface area contributed by atoms with Crippen molar-refractivity contribution in [2.75, 3.05) is 6.54 Å². The van der Waals surface area contributed by atoms with Crippen LogP contribution < -0.4 is 10.1 Å². The van der Waals surface area contributed by atoms with Gasteiger partial charge in [0.2, 0.25) is 11.5 Å². The van der Waals surface area contributed by atoms with Gasteiger partial charge in [-0.2, -0.15) is 0 Å². The molecule has 0 bridgehead atoms. The molecule has 0 aliphatic carbocycles. The summed E-state index contributed by atoms with van der Waals surface area (Å²) in [6, 6.07) is 17.7. The molecule has 1 amide bonds. The molecule has 0 aliphatic heterocycles. The van der Waals surface area contributed by atoms with Crippen molar-refractivity contribution in [1.82, 2.24) is 5.32 Å². The molecule has 0 fully saturated rings. The van der Waals surface area contributed by atoms with E-state index in [0.717, 1.165) is 24.8 Å². The van der Waals surface area contributed by atoms with E-state index in [9.17, 15) is 14.7 Å². The van der Waals surface area contributed by atoms with Gasteiger partial charge in [0.05, 0.1) is 0 Å². The van der Waals surface area contributed by atoms with Gasteiger partial charge < -0.3 is 15.2 Å². The summed E-state index contributed by atoms with van der Waals surface area (Å²) in [4.78, 5) is 24.6. The van der Waals surface area contributed by atoms with Gasteiger partial charge in [-0.05, 0) is 55.9 Å². The summed E-state index contributed by atoms with van der Waals surface area (Å²) >= 11 is 0. The highest BCUT2D eigenvalue weighted by molar-refractivity contribution is 5.79. The van der Waals surface area contributed by atoms with Crippen molar-refractivity contribution in [2.24, 2.45) is 5.92 Å². The topological polar surface area (TPSA) is 75.6 Å². The van der Waals surface area contributed by atoms with Crippen LogP contribution >= 0.6 is 0 Å². The Morgan fingerprint density at radius 2 is 1.68 bits per heavy atom. The zero-order valence-electron chi connectivity index (χ0n) is 21.0. The van der Waals surface area contributed by atoms with Gasteiger partial charge in [0.15, 0.2) is 0 Å². The van der Waals surface area contributed by atoms with Gasteiger partial charge in [-0.1, -0.05) is 88.4 Å². The third kappa shape index (κ3) is 9.20. The van der Waals surface area contributed by atoms with Gasteiger partial charge in [0.25, 0.3) is 0 Å². The number of carboxylic acids is 1. The van der Waals surface area contributed by atoms with E-state index in [1.54, 1.807) is 19.9 Å². The lowest BCUT2D eigenvalue weighted by molar-refractivity contribution is -0.154. The maximum absolute atomic E-state index is 13.0. The van der Waals surface area contributed by atoms with Crippen molar-refractivity contribution >= 4 is 11.9 Å². The van der Waals surface area contributed by atoms with E-state index in [-0.39, 0.29) is 11.8 Å². The lowest BCUT2D eigenvalue weighted by atomic mass is 9.92. The number of unbranched alkanes of at least 4 members (excludes halogenated alkanes) is 4. The summed E-state index contributed by atoms with van der Waals surface area (Å²) in [5.74, 6) is -0.368. The molecule has 0 saturated carbocycles. The molecule has 5 nitrogen and oxygen atoms in total. The van der Waals surface area contributed by atoms with E-state index in [0.29, 0.717) is 25.1 Å². The van der Waals surface area contributed by atoms with Crippen LogP contribution in [0.25, 0.3) is 0 Å². The molecule has 0 aliphatic rings. The van der Waals surface area contributed by atoms with Gasteiger partial charge in [-0.15, -0.1) is 0 Å². The first-order chi connectivity index (χ1) is 16.4. The molecule has 2 aromatic carbocycles. The first-order valence-electron chi connectivity index (χ1n) is 12.7. The second-order valence-corrected chi connectivity index (χ2v) is 9.27. The van der Waals surface area contributed by atoms with Crippen molar-refractivity contribution in [3.8, 4) is 5.75 Å². The second-order valence-electron chi connectivity index (χ2n) is 9.27. The molecule has 0 aromatic heterocycles. The Morgan fingerprint density at radius 3 is 2.35 bits per heavy atom. The smallest absolute Gasteiger partial charge is 0.347 e. The number of benzene rings is 2. The van der Waals surface area contributed by atoms with Crippen molar-refractivity contribution < 1.29 is 19.4 Å². The average Bonchev–Trinajstić information content (AvgIpc) is 2.83. The normalized spacial score (nSPS) is 13.6. The highest BCUT2D eigenvalue weighted by Crippen LogP contribution is 2.23. The van der Waals surface area contributed by atoms with E-state index in [1.807, 2.05) is 36.4 Å². The minimum Gasteiger partial charge on any atom is -0.478 e. The first-order valence-corrected chi connectivity index (χ1v) is 12.7. The molecule has 5 heteroatoms. The summed E-state index contributed by atoms with van der Waals surface area (Å²) in [6.45, 7) is 6.12. The molecular weight excluding hydrogens is 426 g/mol. The van der Waals surface area contributed by atoms with Crippen LogP contribution in [0.3, 0.4) is 0 Å². The molecule has 2 aromatic rings. The Balaban J connectivity index is 1.92. The number of hydrogen-bond donors (Lipinski definition) is 2. The van der Waals surface area contributed by atoms with Crippen LogP contribution in [0.5, 0.6) is 5.75 Å². The highest BCUT2D eigenvalue weighted by atomic mass is 16.5. The molecule has 34 heavy (non-hydrogen) atoms. The van der Waals surface area contributed by atoms with Gasteiger partial charge in [0.1, 0.15) is 5.75 Å². The third-order valence-electron chi connectivity index (χ3n) is 6.43. The highest BCUT2D eigenvalue weighted by Gasteiger charge is 2.33. The molecule has 0 saturated heterocycles. The number of carbonyl (C=O) groups excluding carboxylic acids is 1. The summed E-state index contributed by atoms with van der Waals surface area (Å²) in [5, 5.41) is 12.6. The van der Waals surface area contributed by atoms with Gasteiger partial charge in [-0.25, -0.2) is 4.79 Å². The van der Waals surface area contributed by atoms with Crippen LogP contribution in [-0.4, -0.2) is 29.1 Å². The molecule has 186 valence electrons. The zero-order valence-corrected chi connectivity index (χ0v) is 21.0. The number of carboxylic acid groups (broad SMARTS) is 1. The van der Waals surface area contributed by atoms with Crippen LogP contribution in [-0.2, 0) is 22.4 Å². The van der Waals surface area contributed by atoms with Crippen LogP contribution in [0.4, 0.5) is 0 Å². The standard InChI is InChI=1S/C29H41NO4/c1-4-6-7-8-12-17-25(21-23-14-10-9-11-15-23)27(31)30-20-19-24-16-13-18-26(22-24)34-29(3,5-2)28(32)33/h9-11,13-16,18,22,25H,4-8,12,17,19-21H2,1-3H3,(H,30,31)(H,32,33). The van der Waals surface area contributed by atoms with E-state index in [2.05, 4.69) is 24.4 Å². The van der Waals surface area contributed by atoms with Crippen LogP contribution in [0.15, 0.2) is 54.6 Å². The zero-order chi connectivity index (χ0) is 24.8. The molecule has 0 heterocycles. The largest absolute Gasteiger partial charge is 0.478 e. The SMILES string of the molecule is CCCCCCCC(Cc1ccccc1)C(=O)NCCc1cccc(OC(C)(CC)C(=O)O)c1. The Kier molecular flexibility index (Phi) is 11.7. The van der Waals surface area contributed by atoms with Gasteiger partial charge >= 0.3 is 5.97 Å². The van der Waals surface area contributed by atoms with Crippen molar-refractivity contribution in [2.45, 2.75) is 84.2 Å². The molecule has 2 unspecified atom stereocenters. The Hall–Kier alpha value is -2.82. The van der Waals surface area contributed by atoms with E-state index < -0.39 is 11.6 Å². The molecule has 2 N–H and O–H groups in total. The first kappa shape index (κ1) is 27.4. The molecule has 0 radical (unpaired) electrons. The fourth-order valence-corrected chi connectivity index (χ4v) is 3.98. The fourth-order valence-electron chi connectivity index (χ4n) is 3.98. The van der Waals surface area contributed by atoms with Crippen LogP contribution in [0, 0.1) is 5.92 Å². The minimum atomic E-state index is -1.26. The quantitative estimate of drug-likeness (QED) is 0.288. The fraction of sp³-hybridized carbons (Fsp3) is 0.517. The van der Waals surface area contributed by atoms with Crippen molar-refractivity contribution in [3.05, 3.63) is 65.7 Å². The van der Waals surface area contributed by atoms with Crippen LogP contribution in [0.2, 0.25) is 0 Å². The summed E-state index contributed by atoms with van der Waals surface area (Å²) in [7, 11) is 0. The number of carbonyl (C=O) groups is 2. The molecule has 2 atom stereocenters. The predicted molar refractivity (Wildman–Crippen MR) is 137 cm³/mol. The molecule has 2 rings (SSSR count). The molecule has 0 spiro atoms. The maximum Gasteiger partial charge on any atom is 0.347 e. The van der Waals surface area contributed by atoms with Gasteiger partial charge in [0, 0.05) is 12.5 Å². The maximum atomic E-state index is 13.0. The van der Waals surface area contributed by atoms with Gasteiger partial charge in [-0.3, -0.25) is 4.79 Å². The Morgan fingerprint density at radius 1 is 0.971 bits per heavy atom. The number of rotatable bonds is 16. The Bertz CT molecular complexity index is 883. The number of nitrogens with one attached hydrogen (secondary N) is 1. The van der Waals surface area contributed by atoms with Crippen LogP contribution in [0.1, 0.15) is 76.8 Å². The molecular formula is C29H41NO4. The summed E-state index contributed by atoms with van der Waals surface area (Å²) in [6.07, 6.45) is 8.63. The number of ether oxygens (including phenoxy) is 1. The van der Waals surface area contributed by atoms with E-state index >= 15 is 0 Å². The Labute approximate surface area is 204 Å². The lowest BCUT2D eigenvalue weighted by Gasteiger charge is -2.25. The summed E-state index contributed by atoms with van der Waals surface area (Å²) < 4.78 is 5.77. The number of amides is 1. The predicted octanol–water partition coefficient (Wildman–Crippen LogP) is 6.20.